The van der Waals surface area contributed by atoms with Gasteiger partial charge in [-0.2, -0.15) is 0 Å². The summed E-state index contributed by atoms with van der Waals surface area (Å²) in [5.41, 5.74) is 10.8. The number of aliphatic hydroxyl groups excluding tert-OH is 1. The maximum absolute atomic E-state index is 10.5. The maximum atomic E-state index is 10.5. The summed E-state index contributed by atoms with van der Waals surface area (Å²) >= 11 is 3.46. The summed E-state index contributed by atoms with van der Waals surface area (Å²) in [6, 6.07) is 22.8. The Labute approximate surface area is 192 Å². The molecule has 5 rings (SSSR count). The highest BCUT2D eigenvalue weighted by Crippen LogP contribution is 2.31. The van der Waals surface area contributed by atoms with Crippen LogP contribution < -0.4 is 11.1 Å². The largest absolute Gasteiger partial charge is 0.383 e. The predicted octanol–water partition coefficient (Wildman–Crippen LogP) is 4.93. The first-order valence-corrected chi connectivity index (χ1v) is 10.7. The van der Waals surface area contributed by atoms with Crippen LogP contribution in [0.5, 0.6) is 0 Å². The van der Waals surface area contributed by atoms with E-state index in [1.54, 1.807) is 12.4 Å². The van der Waals surface area contributed by atoms with Gasteiger partial charge in [-0.1, -0.05) is 30.3 Å². The third-order valence-corrected chi connectivity index (χ3v) is 5.52. The quantitative estimate of drug-likeness (QED) is 0.304. The van der Waals surface area contributed by atoms with Crippen molar-refractivity contribution in [1.82, 2.24) is 19.5 Å². The fourth-order valence-electron chi connectivity index (χ4n) is 3.56. The van der Waals surface area contributed by atoms with Gasteiger partial charge >= 0.3 is 0 Å². The SMILES string of the molecule is Nc1ncccc1-c1nc2cc(Br)cnc2n1-c1ccc(NC(O)c2ccccc2)cc1. The van der Waals surface area contributed by atoms with Gasteiger partial charge in [-0.15, -0.1) is 0 Å². The Hall–Kier alpha value is -3.75. The number of nitrogens with one attached hydrogen (secondary N) is 1. The number of benzene rings is 2. The summed E-state index contributed by atoms with van der Waals surface area (Å²) in [6.07, 6.45) is 2.59. The Balaban J connectivity index is 1.55. The molecular weight excluding hydrogens is 468 g/mol. The summed E-state index contributed by atoms with van der Waals surface area (Å²) in [5.74, 6) is 1.05. The number of hydrogen-bond acceptors (Lipinski definition) is 6. The van der Waals surface area contributed by atoms with Crippen molar-refractivity contribution in [1.29, 1.82) is 0 Å². The Kier molecular flexibility index (Phi) is 5.30. The van der Waals surface area contributed by atoms with Gasteiger partial charge in [0.1, 0.15) is 11.3 Å². The number of aromatic nitrogens is 4. The number of anilines is 2. The lowest BCUT2D eigenvalue weighted by atomic mass is 10.2. The zero-order chi connectivity index (χ0) is 22.1. The molecule has 0 bridgehead atoms. The maximum Gasteiger partial charge on any atom is 0.165 e. The van der Waals surface area contributed by atoms with Crippen molar-refractivity contribution in [2.24, 2.45) is 0 Å². The first kappa shape index (κ1) is 20.2. The van der Waals surface area contributed by atoms with Crippen LogP contribution in [-0.4, -0.2) is 24.6 Å². The summed E-state index contributed by atoms with van der Waals surface area (Å²) in [6.45, 7) is 0. The molecule has 32 heavy (non-hydrogen) atoms. The Morgan fingerprint density at radius 3 is 2.50 bits per heavy atom. The van der Waals surface area contributed by atoms with E-state index in [2.05, 4.69) is 31.2 Å². The van der Waals surface area contributed by atoms with Gasteiger partial charge in [0.05, 0.1) is 5.56 Å². The molecule has 0 fully saturated rings. The van der Waals surface area contributed by atoms with Gasteiger partial charge in [0.2, 0.25) is 0 Å². The fraction of sp³-hybridized carbons (Fsp3) is 0.0417. The van der Waals surface area contributed by atoms with Gasteiger partial charge in [-0.3, -0.25) is 4.57 Å². The molecule has 4 N–H and O–H groups in total. The average molecular weight is 487 g/mol. The minimum atomic E-state index is -0.805. The summed E-state index contributed by atoms with van der Waals surface area (Å²) in [5, 5.41) is 13.6. The van der Waals surface area contributed by atoms with Crippen LogP contribution >= 0.6 is 15.9 Å². The molecule has 7 nitrogen and oxygen atoms in total. The molecule has 1 atom stereocenters. The molecule has 0 aliphatic heterocycles. The number of nitrogens with zero attached hydrogens (tertiary/aromatic N) is 4. The van der Waals surface area contributed by atoms with Crippen molar-refractivity contribution < 1.29 is 5.11 Å². The fourth-order valence-corrected chi connectivity index (χ4v) is 3.87. The van der Waals surface area contributed by atoms with Crippen molar-refractivity contribution in [3.05, 3.63) is 95.2 Å². The van der Waals surface area contributed by atoms with E-state index in [1.165, 1.54) is 0 Å². The molecule has 0 spiro atoms. The number of nitrogens with two attached hydrogens (primary N) is 1. The normalized spacial score (nSPS) is 12.1. The molecule has 0 saturated carbocycles. The molecule has 158 valence electrons. The molecule has 0 radical (unpaired) electrons. The number of rotatable bonds is 5. The number of pyridine rings is 2. The Morgan fingerprint density at radius 2 is 1.75 bits per heavy atom. The van der Waals surface area contributed by atoms with Gasteiger partial charge in [-0.05, 0) is 58.4 Å². The van der Waals surface area contributed by atoms with Crippen molar-refractivity contribution >= 4 is 38.6 Å². The molecule has 2 aromatic carbocycles. The van der Waals surface area contributed by atoms with Crippen molar-refractivity contribution in [3.63, 3.8) is 0 Å². The van der Waals surface area contributed by atoms with Crippen LogP contribution in [0.25, 0.3) is 28.2 Å². The van der Waals surface area contributed by atoms with Crippen molar-refractivity contribution in [3.8, 4) is 17.1 Å². The van der Waals surface area contributed by atoms with Gasteiger partial charge in [0.25, 0.3) is 0 Å². The van der Waals surface area contributed by atoms with E-state index in [4.69, 9.17) is 10.7 Å². The van der Waals surface area contributed by atoms with Crippen LogP contribution in [0.2, 0.25) is 0 Å². The number of fused-ring (bicyclic) bond motifs is 1. The Morgan fingerprint density at radius 1 is 0.969 bits per heavy atom. The van der Waals surface area contributed by atoms with E-state index >= 15 is 0 Å². The average Bonchev–Trinajstić information content (AvgIpc) is 3.18. The highest BCUT2D eigenvalue weighted by atomic mass is 79.9. The first-order chi connectivity index (χ1) is 15.6. The minimum absolute atomic E-state index is 0.396. The summed E-state index contributed by atoms with van der Waals surface area (Å²) < 4.78 is 2.79. The number of hydrogen-bond donors (Lipinski definition) is 3. The molecule has 3 heterocycles. The molecule has 3 aromatic heterocycles. The van der Waals surface area contributed by atoms with Gasteiger partial charge in [0, 0.05) is 33.8 Å². The highest BCUT2D eigenvalue weighted by Gasteiger charge is 2.18. The van der Waals surface area contributed by atoms with Crippen LogP contribution in [0.15, 0.2) is 89.7 Å². The molecule has 5 aromatic rings. The molecule has 8 heteroatoms. The molecule has 1 unspecified atom stereocenters. The summed E-state index contributed by atoms with van der Waals surface area (Å²) in [7, 11) is 0. The molecular formula is C24H19BrN6O. The standard InChI is InChI=1S/C24H19BrN6O/c25-16-13-20-23(28-14-16)31(22(30-20)19-7-4-12-27-21(19)26)18-10-8-17(9-11-18)29-24(32)15-5-2-1-3-6-15/h1-14,24,29,32H,(H2,26,27). The van der Waals surface area contributed by atoms with Gasteiger partial charge in [-0.25, -0.2) is 15.0 Å². The highest BCUT2D eigenvalue weighted by molar-refractivity contribution is 9.10. The second-order valence-electron chi connectivity index (χ2n) is 7.21. The molecule has 0 aliphatic rings. The zero-order valence-electron chi connectivity index (χ0n) is 16.9. The van der Waals surface area contributed by atoms with Crippen LogP contribution in [0.3, 0.4) is 0 Å². The lowest BCUT2D eigenvalue weighted by Crippen LogP contribution is -2.09. The second kappa shape index (κ2) is 8.41. The topological polar surface area (TPSA) is 102 Å². The number of nitrogen functional groups attached to an aromatic ring is 1. The smallest absolute Gasteiger partial charge is 0.165 e. The first-order valence-electron chi connectivity index (χ1n) is 9.95. The van der Waals surface area contributed by atoms with E-state index in [0.717, 1.165) is 32.5 Å². The number of halogens is 1. The van der Waals surface area contributed by atoms with E-state index in [1.807, 2.05) is 77.4 Å². The van der Waals surface area contributed by atoms with Gasteiger partial charge in [0.15, 0.2) is 17.7 Å². The molecule has 0 amide bonds. The van der Waals surface area contributed by atoms with Crippen LogP contribution in [-0.2, 0) is 0 Å². The molecule has 0 saturated heterocycles. The van der Waals surface area contributed by atoms with E-state index in [0.29, 0.717) is 17.3 Å². The third-order valence-electron chi connectivity index (χ3n) is 5.09. The third kappa shape index (κ3) is 3.81. The van der Waals surface area contributed by atoms with E-state index in [9.17, 15) is 5.11 Å². The zero-order valence-corrected chi connectivity index (χ0v) is 18.4. The Bertz CT molecular complexity index is 1390. The number of imidazole rings is 1. The van der Waals surface area contributed by atoms with Crippen LogP contribution in [0, 0.1) is 0 Å². The molecule has 0 aliphatic carbocycles. The minimum Gasteiger partial charge on any atom is -0.383 e. The van der Waals surface area contributed by atoms with Gasteiger partial charge < -0.3 is 16.2 Å². The lowest BCUT2D eigenvalue weighted by Gasteiger charge is -2.15. The van der Waals surface area contributed by atoms with E-state index in [-0.39, 0.29) is 0 Å². The van der Waals surface area contributed by atoms with Crippen molar-refractivity contribution in [2.75, 3.05) is 11.1 Å². The predicted molar refractivity (Wildman–Crippen MR) is 129 cm³/mol. The monoisotopic (exact) mass is 486 g/mol. The van der Waals surface area contributed by atoms with Crippen LogP contribution in [0.1, 0.15) is 11.8 Å². The second-order valence-corrected chi connectivity index (χ2v) is 8.12. The number of aliphatic hydroxyl groups is 1. The van der Waals surface area contributed by atoms with Crippen LogP contribution in [0.4, 0.5) is 11.5 Å². The van der Waals surface area contributed by atoms with E-state index < -0.39 is 6.23 Å². The van der Waals surface area contributed by atoms with Crippen molar-refractivity contribution in [2.45, 2.75) is 6.23 Å². The lowest BCUT2D eigenvalue weighted by molar-refractivity contribution is 0.208. The summed E-state index contributed by atoms with van der Waals surface area (Å²) in [4.78, 5) is 13.6.